The van der Waals surface area contributed by atoms with Crippen LogP contribution in [0.5, 0.6) is 0 Å². The first-order valence-corrected chi connectivity index (χ1v) is 9.80. The van der Waals surface area contributed by atoms with Crippen molar-refractivity contribution < 1.29 is 29.4 Å². The fraction of sp³-hybridized carbons (Fsp3) is 0.318. The van der Waals surface area contributed by atoms with Crippen molar-refractivity contribution in [1.82, 2.24) is 15.2 Å². The number of nitrogens with zero attached hydrogens (tertiary/aromatic N) is 2. The maximum absolute atomic E-state index is 13.4. The topological polar surface area (TPSA) is 137 Å². The van der Waals surface area contributed by atoms with Crippen LogP contribution in [-0.4, -0.2) is 49.4 Å². The Balaban J connectivity index is 1.82. The Bertz CT molecular complexity index is 1070. The molecule has 2 aliphatic rings. The van der Waals surface area contributed by atoms with E-state index in [4.69, 9.17) is 0 Å². The summed E-state index contributed by atoms with van der Waals surface area (Å²) in [7, 11) is 0. The minimum absolute atomic E-state index is 0.102. The van der Waals surface area contributed by atoms with Crippen molar-refractivity contribution in [3.05, 3.63) is 65.5 Å². The molecular weight excluding hydrogens is 402 g/mol. The molecule has 1 aromatic carbocycles. The van der Waals surface area contributed by atoms with Crippen LogP contribution in [0.25, 0.3) is 0 Å². The molecule has 2 amide bonds. The number of rotatable bonds is 6. The number of carboxylic acid groups (broad SMARTS) is 2. The lowest BCUT2D eigenvalue weighted by atomic mass is 9.77. The van der Waals surface area contributed by atoms with Gasteiger partial charge in [-0.3, -0.25) is 34.4 Å². The highest BCUT2D eigenvalue weighted by molar-refractivity contribution is 6.10. The number of benzene rings is 1. The molecule has 2 aliphatic heterocycles. The van der Waals surface area contributed by atoms with Crippen molar-refractivity contribution >= 4 is 23.8 Å². The summed E-state index contributed by atoms with van der Waals surface area (Å²) in [5.41, 5.74) is -0.163. The van der Waals surface area contributed by atoms with Gasteiger partial charge in [0.15, 0.2) is 0 Å². The van der Waals surface area contributed by atoms with Crippen molar-refractivity contribution in [3.63, 3.8) is 0 Å². The van der Waals surface area contributed by atoms with Crippen molar-refractivity contribution in [1.29, 1.82) is 0 Å². The van der Waals surface area contributed by atoms with Gasteiger partial charge in [-0.05, 0) is 30.2 Å². The predicted molar refractivity (Wildman–Crippen MR) is 106 cm³/mol. The molecule has 2 saturated heterocycles. The highest BCUT2D eigenvalue weighted by atomic mass is 16.4. The monoisotopic (exact) mass is 423 g/mol. The van der Waals surface area contributed by atoms with E-state index in [0.717, 1.165) is 10.5 Å². The fourth-order valence-corrected chi connectivity index (χ4v) is 4.75. The lowest BCUT2D eigenvalue weighted by Crippen LogP contribution is -2.56. The highest BCUT2D eigenvalue weighted by Crippen LogP contribution is 2.50. The number of aromatic nitrogens is 1. The Kier molecular flexibility index (Phi) is 5.06. The molecule has 4 unspecified atom stereocenters. The van der Waals surface area contributed by atoms with Crippen molar-refractivity contribution in [3.8, 4) is 0 Å². The Morgan fingerprint density at radius 3 is 2.42 bits per heavy atom. The van der Waals surface area contributed by atoms with E-state index in [1.165, 1.54) is 6.20 Å². The number of carboxylic acids is 2. The fourth-order valence-electron chi connectivity index (χ4n) is 4.75. The van der Waals surface area contributed by atoms with Gasteiger partial charge in [-0.2, -0.15) is 0 Å². The van der Waals surface area contributed by atoms with Gasteiger partial charge in [0.1, 0.15) is 5.54 Å². The highest BCUT2D eigenvalue weighted by Gasteiger charge is 2.69. The molecule has 2 aromatic rings. The van der Waals surface area contributed by atoms with Crippen LogP contribution < -0.4 is 5.32 Å². The van der Waals surface area contributed by atoms with Crippen LogP contribution in [0, 0.1) is 18.8 Å². The molecule has 0 aliphatic carbocycles. The number of hydrogen-bond acceptors (Lipinski definition) is 6. The first-order valence-electron chi connectivity index (χ1n) is 9.80. The number of fused-ring (bicyclic) bond motifs is 1. The summed E-state index contributed by atoms with van der Waals surface area (Å²) in [6.07, 6.45) is 0.702. The lowest BCUT2D eigenvalue weighted by Gasteiger charge is -2.30. The van der Waals surface area contributed by atoms with Crippen LogP contribution in [-0.2, 0) is 25.7 Å². The minimum atomic E-state index is -2.10. The third-order valence-electron chi connectivity index (χ3n) is 6.13. The number of pyridine rings is 1. The molecule has 3 N–H and O–H groups in total. The van der Waals surface area contributed by atoms with E-state index in [1.807, 2.05) is 19.1 Å². The van der Waals surface area contributed by atoms with Crippen LogP contribution in [0.4, 0.5) is 0 Å². The number of likely N-dealkylation sites (tertiary alicyclic amines) is 1. The number of carbonyl (C=O) groups is 4. The van der Waals surface area contributed by atoms with Crippen LogP contribution in [0.2, 0.25) is 0 Å². The average Bonchev–Trinajstić information content (AvgIpc) is 3.19. The zero-order chi connectivity index (χ0) is 22.3. The van der Waals surface area contributed by atoms with Gasteiger partial charge < -0.3 is 10.2 Å². The molecule has 9 nitrogen and oxygen atoms in total. The predicted octanol–water partition coefficient (Wildman–Crippen LogP) is 1.13. The molecule has 9 heteroatoms. The van der Waals surface area contributed by atoms with Crippen LogP contribution in [0.15, 0.2) is 48.7 Å². The number of aliphatic carboxylic acids is 2. The molecular formula is C22H21N3O6. The number of imide groups is 1. The van der Waals surface area contributed by atoms with E-state index in [1.54, 1.807) is 30.3 Å². The summed E-state index contributed by atoms with van der Waals surface area (Å²) >= 11 is 0. The molecule has 0 spiro atoms. The lowest BCUT2D eigenvalue weighted by molar-refractivity contribution is -0.156. The third-order valence-corrected chi connectivity index (χ3v) is 6.13. The molecule has 160 valence electrons. The van der Waals surface area contributed by atoms with E-state index >= 15 is 0 Å². The van der Waals surface area contributed by atoms with Gasteiger partial charge >= 0.3 is 11.9 Å². The van der Waals surface area contributed by atoms with Gasteiger partial charge in [0.25, 0.3) is 0 Å². The first-order chi connectivity index (χ1) is 14.8. The molecule has 31 heavy (non-hydrogen) atoms. The maximum Gasteiger partial charge on any atom is 0.325 e. The number of carbonyl (C=O) groups excluding carboxylic acids is 2. The zero-order valence-electron chi connectivity index (χ0n) is 16.7. The van der Waals surface area contributed by atoms with E-state index in [9.17, 15) is 29.4 Å². The summed E-state index contributed by atoms with van der Waals surface area (Å²) in [6, 6.07) is 11.4. The second kappa shape index (κ2) is 7.59. The normalized spacial score (nSPS) is 27.4. The molecule has 3 heterocycles. The molecule has 0 saturated carbocycles. The summed E-state index contributed by atoms with van der Waals surface area (Å²) in [5.74, 6) is -6.46. The Labute approximate surface area is 177 Å². The second-order valence-corrected chi connectivity index (χ2v) is 7.91. The van der Waals surface area contributed by atoms with Crippen molar-refractivity contribution in [2.75, 3.05) is 0 Å². The standard InChI is InChI=1S/C22H21N3O6/c1-12-6-2-3-8-14(12)18-16-17(22(24-18,21(30)31)10-15(26)27)20(29)25(19(16)28)11-13-7-4-5-9-23-13/h2-9,16-18,24H,10-11H2,1H3,(H,26,27)(H,30,31). The largest absolute Gasteiger partial charge is 0.481 e. The van der Waals surface area contributed by atoms with Gasteiger partial charge in [0.05, 0.1) is 30.5 Å². The zero-order valence-corrected chi connectivity index (χ0v) is 16.7. The number of hydrogen-bond donors (Lipinski definition) is 3. The van der Waals surface area contributed by atoms with Gasteiger partial charge in [0.2, 0.25) is 11.8 Å². The minimum Gasteiger partial charge on any atom is -0.481 e. The van der Waals surface area contributed by atoms with E-state index in [-0.39, 0.29) is 6.54 Å². The van der Waals surface area contributed by atoms with Gasteiger partial charge in [-0.1, -0.05) is 30.3 Å². The molecule has 0 radical (unpaired) electrons. The van der Waals surface area contributed by atoms with Gasteiger partial charge in [-0.15, -0.1) is 0 Å². The summed E-state index contributed by atoms with van der Waals surface area (Å²) in [4.78, 5) is 55.8. The number of aryl methyl sites for hydroxylation is 1. The van der Waals surface area contributed by atoms with Crippen LogP contribution in [0.1, 0.15) is 29.3 Å². The first kappa shape index (κ1) is 20.7. The number of amides is 2. The van der Waals surface area contributed by atoms with Crippen molar-refractivity contribution in [2.45, 2.75) is 31.5 Å². The Morgan fingerprint density at radius 1 is 1.10 bits per heavy atom. The second-order valence-electron chi connectivity index (χ2n) is 7.91. The third kappa shape index (κ3) is 3.27. The summed E-state index contributed by atoms with van der Waals surface area (Å²) in [5, 5.41) is 22.4. The number of nitrogens with one attached hydrogen (secondary N) is 1. The maximum atomic E-state index is 13.4. The summed E-state index contributed by atoms with van der Waals surface area (Å²) in [6.45, 7) is 1.71. The SMILES string of the molecule is Cc1ccccc1C1NC(CC(=O)O)(C(=O)O)C2C(=O)N(Cc3ccccn3)C(=O)C12. The van der Waals surface area contributed by atoms with Gasteiger partial charge in [0, 0.05) is 12.2 Å². The Morgan fingerprint density at radius 2 is 1.81 bits per heavy atom. The van der Waals surface area contributed by atoms with Gasteiger partial charge in [-0.25, -0.2) is 0 Å². The van der Waals surface area contributed by atoms with E-state index in [0.29, 0.717) is 11.3 Å². The average molecular weight is 423 g/mol. The van der Waals surface area contributed by atoms with E-state index in [2.05, 4.69) is 10.3 Å². The summed E-state index contributed by atoms with van der Waals surface area (Å²) < 4.78 is 0. The van der Waals surface area contributed by atoms with Crippen molar-refractivity contribution in [2.24, 2.45) is 11.8 Å². The van der Waals surface area contributed by atoms with E-state index < -0.39 is 53.6 Å². The van der Waals surface area contributed by atoms with Crippen LogP contribution in [0.3, 0.4) is 0 Å². The smallest absolute Gasteiger partial charge is 0.325 e. The molecule has 0 bridgehead atoms. The molecule has 4 rings (SSSR count). The molecule has 4 atom stereocenters. The Hall–Kier alpha value is -3.59. The quantitative estimate of drug-likeness (QED) is 0.588. The van der Waals surface area contributed by atoms with Crippen LogP contribution >= 0.6 is 0 Å². The molecule has 2 fully saturated rings. The molecule has 1 aromatic heterocycles.